The average molecular weight is 276 g/mol. The van der Waals surface area contributed by atoms with Gasteiger partial charge in [0.05, 0.1) is 0 Å². The van der Waals surface area contributed by atoms with Crippen LogP contribution in [0.25, 0.3) is 0 Å². The van der Waals surface area contributed by atoms with Crippen molar-refractivity contribution in [3.8, 4) is 0 Å². The van der Waals surface area contributed by atoms with Crippen LogP contribution in [0.1, 0.15) is 51.8 Å². The highest BCUT2D eigenvalue weighted by atomic mass is 15.3. The molecule has 1 aliphatic heterocycles. The van der Waals surface area contributed by atoms with E-state index < -0.39 is 0 Å². The molecule has 0 spiro atoms. The zero-order chi connectivity index (χ0) is 14.7. The molecule has 2 rings (SSSR count). The minimum Gasteiger partial charge on any atom is -0.338 e. The summed E-state index contributed by atoms with van der Waals surface area (Å²) in [5.41, 5.74) is 2.29. The van der Waals surface area contributed by atoms with E-state index in [1.807, 2.05) is 6.20 Å². The first-order chi connectivity index (χ1) is 9.47. The van der Waals surface area contributed by atoms with Crippen LogP contribution in [0, 0.1) is 12.8 Å². The van der Waals surface area contributed by atoms with Crippen LogP contribution in [0.4, 0.5) is 5.95 Å². The summed E-state index contributed by atoms with van der Waals surface area (Å²) in [7, 11) is 0. The quantitative estimate of drug-likeness (QED) is 0.918. The number of hydrogen-bond acceptors (Lipinski definition) is 4. The molecule has 0 radical (unpaired) electrons. The molecule has 0 bridgehead atoms. The Balaban J connectivity index is 2.08. The number of nitrogens with zero attached hydrogens (tertiary/aromatic N) is 3. The fourth-order valence-electron chi connectivity index (χ4n) is 2.81. The van der Waals surface area contributed by atoms with Crippen molar-refractivity contribution >= 4 is 5.95 Å². The Morgan fingerprint density at radius 1 is 1.40 bits per heavy atom. The van der Waals surface area contributed by atoms with Gasteiger partial charge in [0.2, 0.25) is 5.95 Å². The van der Waals surface area contributed by atoms with E-state index in [0.717, 1.165) is 30.6 Å². The third-order valence-corrected chi connectivity index (χ3v) is 4.16. The topological polar surface area (TPSA) is 41.1 Å². The van der Waals surface area contributed by atoms with Gasteiger partial charge in [0.25, 0.3) is 0 Å². The molecule has 20 heavy (non-hydrogen) atoms. The van der Waals surface area contributed by atoms with Gasteiger partial charge in [-0.2, -0.15) is 0 Å². The lowest BCUT2D eigenvalue weighted by molar-refractivity contribution is 0.373. The average Bonchev–Trinajstić information content (AvgIpc) is 2.37. The molecule has 1 saturated heterocycles. The van der Waals surface area contributed by atoms with Crippen LogP contribution in [-0.2, 0) is 6.54 Å². The number of anilines is 1. The molecule has 1 aromatic rings. The second kappa shape index (κ2) is 6.53. The van der Waals surface area contributed by atoms with E-state index in [2.05, 4.69) is 49.8 Å². The molecule has 4 nitrogen and oxygen atoms in total. The van der Waals surface area contributed by atoms with Crippen LogP contribution < -0.4 is 10.2 Å². The molecule has 2 unspecified atom stereocenters. The van der Waals surface area contributed by atoms with Gasteiger partial charge < -0.3 is 10.2 Å². The van der Waals surface area contributed by atoms with Gasteiger partial charge in [-0.1, -0.05) is 20.8 Å². The van der Waals surface area contributed by atoms with Crippen molar-refractivity contribution in [2.45, 2.75) is 66.1 Å². The molecule has 0 saturated carbocycles. The SMILES string of the molecule is Cc1nc(N2CCC(C)CC2C)ncc1CNC(C)C. The summed E-state index contributed by atoms with van der Waals surface area (Å²) < 4.78 is 0. The lowest BCUT2D eigenvalue weighted by Gasteiger charge is -2.36. The first kappa shape index (κ1) is 15.2. The molecule has 0 aromatic carbocycles. The summed E-state index contributed by atoms with van der Waals surface area (Å²) >= 11 is 0. The number of hydrogen-bond donors (Lipinski definition) is 1. The molecule has 1 aromatic heterocycles. The molecular weight excluding hydrogens is 248 g/mol. The van der Waals surface area contributed by atoms with Crippen molar-refractivity contribution in [3.05, 3.63) is 17.5 Å². The molecule has 112 valence electrons. The van der Waals surface area contributed by atoms with E-state index in [1.54, 1.807) is 0 Å². The first-order valence-corrected chi connectivity index (χ1v) is 7.80. The summed E-state index contributed by atoms with van der Waals surface area (Å²) in [6.07, 6.45) is 4.46. The van der Waals surface area contributed by atoms with Gasteiger partial charge in [-0.3, -0.25) is 0 Å². The Kier molecular flexibility index (Phi) is 4.97. The zero-order valence-corrected chi connectivity index (χ0v) is 13.5. The van der Waals surface area contributed by atoms with Crippen molar-refractivity contribution in [3.63, 3.8) is 0 Å². The smallest absolute Gasteiger partial charge is 0.225 e. The predicted molar refractivity (Wildman–Crippen MR) is 84.0 cm³/mol. The van der Waals surface area contributed by atoms with Gasteiger partial charge in [-0.25, -0.2) is 9.97 Å². The van der Waals surface area contributed by atoms with E-state index in [-0.39, 0.29) is 0 Å². The second-order valence-corrected chi connectivity index (χ2v) is 6.49. The van der Waals surface area contributed by atoms with E-state index in [4.69, 9.17) is 4.98 Å². The fourth-order valence-corrected chi connectivity index (χ4v) is 2.81. The third kappa shape index (κ3) is 3.69. The third-order valence-electron chi connectivity index (χ3n) is 4.16. The Hall–Kier alpha value is -1.16. The van der Waals surface area contributed by atoms with Crippen molar-refractivity contribution < 1.29 is 0 Å². The molecule has 2 atom stereocenters. The highest BCUT2D eigenvalue weighted by Crippen LogP contribution is 2.25. The molecule has 4 heteroatoms. The molecule has 1 N–H and O–H groups in total. The van der Waals surface area contributed by atoms with Crippen LogP contribution in [0.2, 0.25) is 0 Å². The van der Waals surface area contributed by atoms with Gasteiger partial charge in [0.15, 0.2) is 0 Å². The molecule has 0 aliphatic carbocycles. The number of rotatable bonds is 4. The van der Waals surface area contributed by atoms with Crippen LogP contribution in [0.15, 0.2) is 6.20 Å². The monoisotopic (exact) mass is 276 g/mol. The van der Waals surface area contributed by atoms with Crippen LogP contribution >= 0.6 is 0 Å². The van der Waals surface area contributed by atoms with Gasteiger partial charge in [-0.15, -0.1) is 0 Å². The van der Waals surface area contributed by atoms with Crippen LogP contribution in [-0.4, -0.2) is 28.6 Å². The van der Waals surface area contributed by atoms with E-state index in [1.165, 1.54) is 18.4 Å². The van der Waals surface area contributed by atoms with E-state index in [9.17, 15) is 0 Å². The maximum absolute atomic E-state index is 4.73. The Labute approximate surface area is 123 Å². The lowest BCUT2D eigenvalue weighted by atomic mass is 9.94. The van der Waals surface area contributed by atoms with Gasteiger partial charge in [0.1, 0.15) is 0 Å². The Bertz CT molecular complexity index is 444. The van der Waals surface area contributed by atoms with E-state index >= 15 is 0 Å². The van der Waals surface area contributed by atoms with Crippen LogP contribution in [0.5, 0.6) is 0 Å². The number of aromatic nitrogens is 2. The maximum atomic E-state index is 4.73. The summed E-state index contributed by atoms with van der Waals surface area (Å²) in [5.74, 6) is 1.71. The number of aryl methyl sites for hydroxylation is 1. The molecule has 1 aliphatic rings. The summed E-state index contributed by atoms with van der Waals surface area (Å²) in [6.45, 7) is 12.9. The molecule has 0 amide bonds. The maximum Gasteiger partial charge on any atom is 0.225 e. The minimum absolute atomic E-state index is 0.484. The Morgan fingerprint density at radius 2 is 2.15 bits per heavy atom. The highest BCUT2D eigenvalue weighted by molar-refractivity contribution is 5.35. The first-order valence-electron chi connectivity index (χ1n) is 7.80. The minimum atomic E-state index is 0.484. The lowest BCUT2D eigenvalue weighted by Crippen LogP contribution is -2.41. The summed E-state index contributed by atoms with van der Waals surface area (Å²) in [4.78, 5) is 11.7. The molecule has 2 heterocycles. The number of nitrogens with one attached hydrogen (secondary N) is 1. The summed E-state index contributed by atoms with van der Waals surface area (Å²) in [6, 6.07) is 1.02. The highest BCUT2D eigenvalue weighted by Gasteiger charge is 2.24. The Morgan fingerprint density at radius 3 is 2.75 bits per heavy atom. The van der Waals surface area contributed by atoms with Crippen LogP contribution in [0.3, 0.4) is 0 Å². The standard InChI is InChI=1S/C16H28N4/c1-11(2)17-9-15-10-18-16(19-14(15)5)20-7-6-12(3)8-13(20)4/h10-13,17H,6-9H2,1-5H3. The molecule has 1 fully saturated rings. The largest absolute Gasteiger partial charge is 0.338 e. The van der Waals surface area contributed by atoms with Crippen molar-refractivity contribution in [2.24, 2.45) is 5.92 Å². The zero-order valence-electron chi connectivity index (χ0n) is 13.5. The van der Waals surface area contributed by atoms with Crippen molar-refractivity contribution in [2.75, 3.05) is 11.4 Å². The van der Waals surface area contributed by atoms with Gasteiger partial charge >= 0.3 is 0 Å². The number of piperidine rings is 1. The fraction of sp³-hybridized carbons (Fsp3) is 0.750. The predicted octanol–water partition coefficient (Wildman–Crippen LogP) is 2.91. The van der Waals surface area contributed by atoms with Gasteiger partial charge in [0, 0.05) is 42.6 Å². The molecular formula is C16H28N4. The second-order valence-electron chi connectivity index (χ2n) is 6.49. The van der Waals surface area contributed by atoms with Crippen molar-refractivity contribution in [1.82, 2.24) is 15.3 Å². The summed E-state index contributed by atoms with van der Waals surface area (Å²) in [5, 5.41) is 3.42. The van der Waals surface area contributed by atoms with Gasteiger partial charge in [-0.05, 0) is 32.6 Å². The van der Waals surface area contributed by atoms with E-state index in [0.29, 0.717) is 12.1 Å². The van der Waals surface area contributed by atoms with Crippen molar-refractivity contribution in [1.29, 1.82) is 0 Å². The normalized spacial score (nSPS) is 23.4.